The van der Waals surface area contributed by atoms with Crippen LogP contribution < -0.4 is 0 Å². The minimum Gasteiger partial charge on any atom is -0.382 e. The van der Waals surface area contributed by atoms with Crippen molar-refractivity contribution in [1.29, 1.82) is 0 Å². The van der Waals surface area contributed by atoms with E-state index in [1.54, 1.807) is 6.33 Å². The van der Waals surface area contributed by atoms with Gasteiger partial charge in [0.1, 0.15) is 11.9 Å². The summed E-state index contributed by atoms with van der Waals surface area (Å²) in [5.41, 5.74) is -1.21. The Kier molecular flexibility index (Phi) is 5.38. The molecule has 1 aromatic carbocycles. The first kappa shape index (κ1) is 26.2. The summed E-state index contributed by atoms with van der Waals surface area (Å²) >= 11 is 0. The van der Waals surface area contributed by atoms with E-state index in [0.717, 1.165) is 51.1 Å². The third-order valence-corrected chi connectivity index (χ3v) is 10.8. The molecule has 9 nitrogen and oxygen atoms in total. The zero-order chi connectivity index (χ0) is 28.3. The van der Waals surface area contributed by atoms with Gasteiger partial charge in [0.05, 0.1) is 16.5 Å². The average Bonchev–Trinajstić information content (AvgIpc) is 3.31. The minimum absolute atomic E-state index is 0.0299. The molecule has 0 radical (unpaired) electrons. The smallest absolute Gasteiger partial charge is 0.382 e. The zero-order valence-corrected chi connectivity index (χ0v) is 23.0. The quantitative estimate of drug-likeness (QED) is 0.582. The van der Waals surface area contributed by atoms with Crippen LogP contribution in [-0.2, 0) is 28.0 Å². The fourth-order valence-corrected chi connectivity index (χ4v) is 8.15. The van der Waals surface area contributed by atoms with Crippen molar-refractivity contribution in [1.82, 2.24) is 24.6 Å². The summed E-state index contributed by atoms with van der Waals surface area (Å²) in [6.07, 6.45) is 3.36. The number of hydrogen-bond donors (Lipinski definition) is 1. The molecule has 3 aliphatic carbocycles. The van der Waals surface area contributed by atoms with Crippen LogP contribution in [0.1, 0.15) is 61.5 Å². The number of halogens is 3. The van der Waals surface area contributed by atoms with Gasteiger partial charge in [-0.25, -0.2) is 22.9 Å². The van der Waals surface area contributed by atoms with Crippen LogP contribution in [0.4, 0.5) is 18.0 Å². The van der Waals surface area contributed by atoms with Crippen LogP contribution in [0.25, 0.3) is 0 Å². The maximum absolute atomic E-state index is 13.3. The highest BCUT2D eigenvalue weighted by Gasteiger charge is 2.59. The van der Waals surface area contributed by atoms with Gasteiger partial charge in [0.25, 0.3) is 0 Å². The van der Waals surface area contributed by atoms with Crippen LogP contribution >= 0.6 is 0 Å². The molecule has 3 saturated carbocycles. The van der Waals surface area contributed by atoms with Gasteiger partial charge in [-0.15, -0.1) is 0 Å². The lowest BCUT2D eigenvalue weighted by atomic mass is 9.56. The Balaban J connectivity index is 0.879. The van der Waals surface area contributed by atoms with Crippen LogP contribution in [0.2, 0.25) is 0 Å². The van der Waals surface area contributed by atoms with E-state index >= 15 is 0 Å². The summed E-state index contributed by atoms with van der Waals surface area (Å²) in [4.78, 5) is 20.7. The second-order valence-electron chi connectivity index (χ2n) is 13.3. The van der Waals surface area contributed by atoms with Gasteiger partial charge in [-0.3, -0.25) is 0 Å². The van der Waals surface area contributed by atoms with Gasteiger partial charge in [-0.05, 0) is 74.6 Å². The molecule has 40 heavy (non-hydrogen) atoms. The molecule has 2 aromatic rings. The molecule has 216 valence electrons. The Hall–Kier alpha value is -2.67. The summed E-state index contributed by atoms with van der Waals surface area (Å²) < 4.78 is 65.7. The van der Waals surface area contributed by atoms with E-state index in [1.807, 2.05) is 14.5 Å². The van der Waals surface area contributed by atoms with Crippen LogP contribution in [-0.4, -0.2) is 76.6 Å². The Bertz CT molecular complexity index is 1470. The Labute approximate surface area is 230 Å². The maximum Gasteiger partial charge on any atom is 0.416 e. The number of amides is 2. The van der Waals surface area contributed by atoms with Gasteiger partial charge in [0.15, 0.2) is 15.7 Å². The van der Waals surface area contributed by atoms with Gasteiger partial charge in [-0.1, -0.05) is 0 Å². The van der Waals surface area contributed by atoms with E-state index in [9.17, 15) is 31.5 Å². The monoisotopic (exact) mass is 579 g/mol. The highest BCUT2D eigenvalue weighted by molar-refractivity contribution is 7.90. The molecule has 2 spiro atoms. The lowest BCUT2D eigenvalue weighted by Gasteiger charge is -2.63. The second-order valence-corrected chi connectivity index (χ2v) is 15.3. The molecular weight excluding hydrogens is 547 g/mol. The summed E-state index contributed by atoms with van der Waals surface area (Å²) in [6.45, 7) is 2.79. The van der Waals surface area contributed by atoms with Crippen molar-refractivity contribution in [2.75, 3.05) is 32.4 Å². The summed E-state index contributed by atoms with van der Waals surface area (Å²) in [5.74, 6) is 0.683. The number of nitrogens with zero attached hydrogens (tertiary/aromatic N) is 5. The normalized spacial score (nSPS) is 24.8. The molecule has 0 atom stereocenters. The standard InChI is InChI=1S/C27H32F3N5O4S/c1-40(38,39)21-6-17(5-19(7-21)27(28,29)30)4-18-8-24(9-18)12-33(13-24)23(36)34-14-25(15-34)10-20(11-25)35-16-31-22(32-35)26(37)2-3-26/h5-7,16,18,20,37H,2-4,8-15H2,1H3. The van der Waals surface area contributed by atoms with Crippen LogP contribution in [0.3, 0.4) is 0 Å². The van der Waals surface area contributed by atoms with Crippen molar-refractivity contribution in [2.45, 2.75) is 67.7 Å². The van der Waals surface area contributed by atoms with Crippen molar-refractivity contribution < 1.29 is 31.5 Å². The lowest BCUT2D eigenvalue weighted by Crippen LogP contribution is -2.71. The lowest BCUT2D eigenvalue weighted by molar-refractivity contribution is -0.137. The molecule has 3 heterocycles. The molecule has 1 N–H and O–H groups in total. The number of aromatic nitrogens is 3. The van der Waals surface area contributed by atoms with Crippen LogP contribution in [0.5, 0.6) is 0 Å². The highest BCUT2D eigenvalue weighted by Crippen LogP contribution is 2.56. The molecule has 2 amide bonds. The van der Waals surface area contributed by atoms with Gasteiger partial charge in [0.2, 0.25) is 0 Å². The number of rotatable bonds is 5. The first-order chi connectivity index (χ1) is 18.6. The zero-order valence-electron chi connectivity index (χ0n) is 22.2. The molecule has 0 bridgehead atoms. The van der Waals surface area contributed by atoms with E-state index in [0.29, 0.717) is 49.8 Å². The molecule has 2 saturated heterocycles. The van der Waals surface area contributed by atoms with Crippen LogP contribution in [0.15, 0.2) is 29.4 Å². The summed E-state index contributed by atoms with van der Waals surface area (Å²) in [7, 11) is -3.76. The largest absolute Gasteiger partial charge is 0.416 e. The van der Waals surface area contributed by atoms with E-state index < -0.39 is 27.2 Å². The molecule has 7 rings (SSSR count). The van der Waals surface area contributed by atoms with Gasteiger partial charge in [-0.2, -0.15) is 18.3 Å². The number of carbonyl (C=O) groups is 1. The fourth-order valence-electron chi connectivity index (χ4n) is 7.45. The average molecular weight is 580 g/mol. The highest BCUT2D eigenvalue weighted by atomic mass is 32.2. The number of sulfone groups is 1. The number of carbonyl (C=O) groups excluding carboxylic acids is 1. The Morgan fingerprint density at radius 3 is 2.17 bits per heavy atom. The van der Waals surface area contributed by atoms with Gasteiger partial charge >= 0.3 is 12.2 Å². The topological polar surface area (TPSA) is 109 Å². The number of likely N-dealkylation sites (tertiary alicyclic amines) is 2. The molecule has 1 aromatic heterocycles. The van der Waals surface area contributed by atoms with E-state index in [4.69, 9.17) is 0 Å². The molecule has 5 aliphatic rings. The molecule has 5 fully saturated rings. The number of aliphatic hydroxyl groups is 1. The van der Waals surface area contributed by atoms with Gasteiger partial charge in [0, 0.05) is 43.3 Å². The fraction of sp³-hybridized carbons (Fsp3) is 0.667. The number of urea groups is 1. The van der Waals surface area contributed by atoms with E-state index in [-0.39, 0.29) is 33.7 Å². The minimum atomic E-state index is -4.61. The van der Waals surface area contributed by atoms with Crippen molar-refractivity contribution >= 4 is 15.9 Å². The van der Waals surface area contributed by atoms with Gasteiger partial charge < -0.3 is 14.9 Å². The third-order valence-electron chi connectivity index (χ3n) is 9.70. The van der Waals surface area contributed by atoms with Crippen molar-refractivity contribution in [2.24, 2.45) is 16.7 Å². The Morgan fingerprint density at radius 2 is 1.62 bits per heavy atom. The number of hydrogen-bond acceptors (Lipinski definition) is 6. The van der Waals surface area contributed by atoms with Crippen molar-refractivity contribution in [3.05, 3.63) is 41.5 Å². The van der Waals surface area contributed by atoms with Crippen LogP contribution in [0, 0.1) is 16.7 Å². The van der Waals surface area contributed by atoms with Crippen molar-refractivity contribution in [3.63, 3.8) is 0 Å². The number of alkyl halides is 3. The first-order valence-electron chi connectivity index (χ1n) is 13.7. The van der Waals surface area contributed by atoms with E-state index in [2.05, 4.69) is 10.1 Å². The SMILES string of the molecule is CS(=O)(=O)c1cc(CC2CC3(C2)CN(C(=O)N2CC4(CC(n5cnc(C6(O)CC6)n5)C4)C2)C3)cc(C(F)(F)F)c1. The molecule has 13 heteroatoms. The van der Waals surface area contributed by atoms with E-state index in [1.165, 1.54) is 6.07 Å². The molecule has 0 unspecified atom stereocenters. The predicted molar refractivity (Wildman–Crippen MR) is 136 cm³/mol. The van der Waals surface area contributed by atoms with Crippen molar-refractivity contribution in [3.8, 4) is 0 Å². The third kappa shape index (κ3) is 4.40. The summed E-state index contributed by atoms with van der Waals surface area (Å²) in [5, 5.41) is 14.7. The maximum atomic E-state index is 13.3. The Morgan fingerprint density at radius 1 is 1.02 bits per heavy atom. The first-order valence-corrected chi connectivity index (χ1v) is 15.6. The predicted octanol–water partition coefficient (Wildman–Crippen LogP) is 3.39. The summed E-state index contributed by atoms with van der Waals surface area (Å²) in [6, 6.07) is 3.42. The molecular formula is C27H32F3N5O4S. The molecule has 2 aliphatic heterocycles. The number of benzene rings is 1. The second kappa shape index (κ2) is 8.21.